The molecule has 0 radical (unpaired) electrons. The Morgan fingerprint density at radius 3 is 2.89 bits per heavy atom. The van der Waals surface area contributed by atoms with Gasteiger partial charge < -0.3 is 4.90 Å². The predicted octanol–water partition coefficient (Wildman–Crippen LogP) is 3.00. The fourth-order valence-corrected chi connectivity index (χ4v) is 3.11. The number of para-hydroxylation sites is 1. The number of benzene rings is 1. The van der Waals surface area contributed by atoms with Crippen LogP contribution in [0.3, 0.4) is 0 Å². The summed E-state index contributed by atoms with van der Waals surface area (Å²) < 4.78 is 0. The number of aliphatic imine (C=N–C) groups is 1. The lowest BCUT2D eigenvalue weighted by Crippen LogP contribution is -2.54. The largest absolute Gasteiger partial charge is 0.360 e. The molecule has 18 heavy (non-hydrogen) atoms. The summed E-state index contributed by atoms with van der Waals surface area (Å²) >= 11 is 0. The fraction of sp³-hybridized carbons (Fsp3) is 0.312. The first-order chi connectivity index (χ1) is 8.78. The molecule has 92 valence electrons. The van der Waals surface area contributed by atoms with E-state index in [9.17, 15) is 0 Å². The van der Waals surface area contributed by atoms with Gasteiger partial charge in [0.1, 0.15) is 5.54 Å². The second-order valence-corrected chi connectivity index (χ2v) is 4.94. The topological polar surface area (TPSA) is 15.6 Å². The van der Waals surface area contributed by atoms with Crippen LogP contribution in [0.1, 0.15) is 12.0 Å². The molecule has 3 rings (SSSR count). The number of hydrogen-bond acceptors (Lipinski definition) is 2. The van der Waals surface area contributed by atoms with E-state index in [1.807, 2.05) is 7.05 Å². The maximum absolute atomic E-state index is 4.48. The number of anilines is 1. The second kappa shape index (κ2) is 4.13. The van der Waals surface area contributed by atoms with E-state index in [1.165, 1.54) is 11.3 Å². The Balaban J connectivity index is 2.12. The summed E-state index contributed by atoms with van der Waals surface area (Å²) in [5.41, 5.74) is 3.86. The number of nitrogens with zero attached hydrogens (tertiary/aromatic N) is 2. The van der Waals surface area contributed by atoms with E-state index in [0.717, 1.165) is 18.6 Å². The third kappa shape index (κ3) is 1.45. The van der Waals surface area contributed by atoms with Gasteiger partial charge in [0, 0.05) is 19.8 Å². The van der Waals surface area contributed by atoms with Crippen molar-refractivity contribution in [2.75, 3.05) is 19.0 Å². The summed E-state index contributed by atoms with van der Waals surface area (Å²) in [5.74, 6) is 0. The highest BCUT2D eigenvalue weighted by Crippen LogP contribution is 2.38. The van der Waals surface area contributed by atoms with Crippen molar-refractivity contribution in [2.45, 2.75) is 18.4 Å². The average Bonchev–Trinajstić information content (AvgIpc) is 2.44. The first-order valence-corrected chi connectivity index (χ1v) is 6.43. The Labute approximate surface area is 108 Å². The lowest BCUT2D eigenvalue weighted by Gasteiger charge is -2.46. The van der Waals surface area contributed by atoms with Gasteiger partial charge in [-0.25, -0.2) is 0 Å². The Hall–Kier alpha value is -1.83. The second-order valence-electron chi connectivity index (χ2n) is 4.94. The van der Waals surface area contributed by atoms with E-state index in [-0.39, 0.29) is 5.54 Å². The van der Waals surface area contributed by atoms with E-state index in [4.69, 9.17) is 0 Å². The van der Waals surface area contributed by atoms with Crippen LogP contribution >= 0.6 is 0 Å². The number of rotatable bonds is 0. The number of aryl methyl sites for hydroxylation is 1. The highest BCUT2D eigenvalue weighted by molar-refractivity contribution is 6.08. The molecule has 1 aliphatic carbocycles. The third-order valence-electron chi connectivity index (χ3n) is 4.15. The SMILES string of the molecule is CN=C1C=CC=CC12CCc1ccccc1N2C. The normalized spacial score (nSPS) is 27.9. The summed E-state index contributed by atoms with van der Waals surface area (Å²) in [7, 11) is 4.06. The summed E-state index contributed by atoms with van der Waals surface area (Å²) in [4.78, 5) is 6.85. The van der Waals surface area contributed by atoms with E-state index < -0.39 is 0 Å². The van der Waals surface area contributed by atoms with Crippen LogP contribution in [0.25, 0.3) is 0 Å². The highest BCUT2D eigenvalue weighted by atomic mass is 15.2. The van der Waals surface area contributed by atoms with Gasteiger partial charge in [0.25, 0.3) is 0 Å². The maximum atomic E-state index is 4.48. The van der Waals surface area contributed by atoms with Gasteiger partial charge in [-0.15, -0.1) is 0 Å². The Bertz CT molecular complexity index is 554. The van der Waals surface area contributed by atoms with Crippen LogP contribution in [0.4, 0.5) is 5.69 Å². The van der Waals surface area contributed by atoms with Crippen molar-refractivity contribution in [1.82, 2.24) is 0 Å². The predicted molar refractivity (Wildman–Crippen MR) is 77.5 cm³/mol. The van der Waals surface area contributed by atoms with Gasteiger partial charge in [0.15, 0.2) is 0 Å². The van der Waals surface area contributed by atoms with Gasteiger partial charge in [0.05, 0.1) is 5.71 Å². The van der Waals surface area contributed by atoms with Crippen molar-refractivity contribution in [3.8, 4) is 0 Å². The minimum absolute atomic E-state index is 0.0577. The zero-order valence-corrected chi connectivity index (χ0v) is 10.9. The highest BCUT2D eigenvalue weighted by Gasteiger charge is 2.40. The Morgan fingerprint density at radius 2 is 2.06 bits per heavy atom. The Kier molecular flexibility index (Phi) is 2.58. The first-order valence-electron chi connectivity index (χ1n) is 6.43. The van der Waals surface area contributed by atoms with E-state index in [0.29, 0.717) is 0 Å². The van der Waals surface area contributed by atoms with Gasteiger partial charge in [0.2, 0.25) is 0 Å². The van der Waals surface area contributed by atoms with Crippen LogP contribution in [-0.4, -0.2) is 25.3 Å². The summed E-state index contributed by atoms with van der Waals surface area (Å²) in [6.45, 7) is 0. The molecule has 0 amide bonds. The molecular formula is C16H18N2. The molecule has 1 heterocycles. The van der Waals surface area contributed by atoms with Crippen molar-refractivity contribution in [3.05, 3.63) is 54.1 Å². The van der Waals surface area contributed by atoms with E-state index in [1.54, 1.807) is 0 Å². The van der Waals surface area contributed by atoms with E-state index in [2.05, 4.69) is 65.5 Å². The van der Waals surface area contributed by atoms with Crippen LogP contribution in [-0.2, 0) is 6.42 Å². The molecular weight excluding hydrogens is 220 g/mol. The first kappa shape index (κ1) is 11.3. The number of hydrogen-bond donors (Lipinski definition) is 0. The maximum Gasteiger partial charge on any atom is 0.101 e. The molecule has 0 aromatic heterocycles. The van der Waals surface area contributed by atoms with Crippen molar-refractivity contribution < 1.29 is 0 Å². The molecule has 1 aromatic rings. The molecule has 2 nitrogen and oxygen atoms in total. The van der Waals surface area contributed by atoms with Gasteiger partial charge in [-0.3, -0.25) is 4.99 Å². The molecule has 2 aliphatic rings. The van der Waals surface area contributed by atoms with Crippen molar-refractivity contribution >= 4 is 11.4 Å². The molecule has 0 N–H and O–H groups in total. The van der Waals surface area contributed by atoms with Crippen LogP contribution in [0.2, 0.25) is 0 Å². The zero-order valence-electron chi connectivity index (χ0n) is 10.9. The Morgan fingerprint density at radius 1 is 1.22 bits per heavy atom. The van der Waals surface area contributed by atoms with Crippen molar-refractivity contribution in [2.24, 2.45) is 4.99 Å². The molecule has 1 aromatic carbocycles. The van der Waals surface area contributed by atoms with Gasteiger partial charge in [-0.2, -0.15) is 0 Å². The summed E-state index contributed by atoms with van der Waals surface area (Å²) in [6.07, 6.45) is 10.8. The third-order valence-corrected chi connectivity index (χ3v) is 4.15. The zero-order chi connectivity index (χ0) is 12.6. The molecule has 0 saturated heterocycles. The van der Waals surface area contributed by atoms with Crippen molar-refractivity contribution in [3.63, 3.8) is 0 Å². The molecule has 0 bridgehead atoms. The van der Waals surface area contributed by atoms with Crippen LogP contribution in [0, 0.1) is 0 Å². The van der Waals surface area contributed by atoms with Crippen LogP contribution in [0.5, 0.6) is 0 Å². The van der Waals surface area contributed by atoms with Gasteiger partial charge >= 0.3 is 0 Å². The summed E-state index contributed by atoms with van der Waals surface area (Å²) in [6, 6.07) is 8.66. The van der Waals surface area contributed by atoms with Crippen LogP contribution in [0.15, 0.2) is 53.6 Å². The molecule has 1 spiro atoms. The lowest BCUT2D eigenvalue weighted by atomic mass is 9.78. The smallest absolute Gasteiger partial charge is 0.101 e. The van der Waals surface area contributed by atoms with Gasteiger partial charge in [-0.1, -0.05) is 36.4 Å². The average molecular weight is 238 g/mol. The van der Waals surface area contributed by atoms with Gasteiger partial charge in [-0.05, 0) is 30.5 Å². The lowest BCUT2D eigenvalue weighted by molar-refractivity contribution is 0.561. The van der Waals surface area contributed by atoms with E-state index >= 15 is 0 Å². The molecule has 2 heteroatoms. The monoisotopic (exact) mass is 238 g/mol. The molecule has 1 atom stereocenters. The molecule has 1 unspecified atom stereocenters. The minimum Gasteiger partial charge on any atom is -0.360 e. The number of fused-ring (bicyclic) bond motifs is 1. The standard InChI is InChI=1S/C16H18N2/c1-17-15-9-5-6-11-16(15)12-10-13-7-3-4-8-14(13)18(16)2/h3-9,11H,10,12H2,1-2H3. The molecule has 0 fully saturated rings. The quantitative estimate of drug-likeness (QED) is 0.678. The molecule has 0 saturated carbocycles. The number of likely N-dealkylation sites (N-methyl/N-ethyl adjacent to an activating group) is 1. The minimum atomic E-state index is -0.0577. The summed E-state index contributed by atoms with van der Waals surface area (Å²) in [5, 5.41) is 0. The number of allylic oxidation sites excluding steroid dienone is 2. The van der Waals surface area contributed by atoms with Crippen molar-refractivity contribution in [1.29, 1.82) is 0 Å². The van der Waals surface area contributed by atoms with Crippen LogP contribution < -0.4 is 4.90 Å². The fourth-order valence-electron chi connectivity index (χ4n) is 3.11. The molecule has 1 aliphatic heterocycles.